The smallest absolute Gasteiger partial charge is 0.312 e. The van der Waals surface area contributed by atoms with E-state index < -0.39 is 82.9 Å². The first kappa shape index (κ1) is 46.2. The largest absolute Gasteiger partial charge is 0.507 e. The van der Waals surface area contributed by atoms with E-state index in [4.69, 9.17) is 28.9 Å². The molecule has 1 aliphatic carbocycles. The fraction of sp³-hybridized carbons (Fsp3) is 0.604. The van der Waals surface area contributed by atoms with Crippen molar-refractivity contribution in [3.63, 3.8) is 0 Å². The summed E-state index contributed by atoms with van der Waals surface area (Å²) in [6, 6.07) is 0.503. The van der Waals surface area contributed by atoms with E-state index in [9.17, 15) is 34.8 Å². The van der Waals surface area contributed by atoms with Gasteiger partial charge in [-0.05, 0) is 32.8 Å². The minimum Gasteiger partial charge on any atom is -0.507 e. The number of carbonyl (C=O) groups is 3. The molecule has 0 radical (unpaired) electrons. The molecule has 0 unspecified atom stereocenters. The summed E-state index contributed by atoms with van der Waals surface area (Å²) in [5, 5.41) is 50.4. The van der Waals surface area contributed by atoms with Crippen LogP contribution in [0.5, 0.6) is 17.2 Å². The number of aliphatic hydroxyl groups excluding tert-OH is 2. The molecule has 4 heterocycles. The number of phenols is 2. The molecular formula is C48H64N4O11. The number of ether oxygens (including phenoxy) is 4. The van der Waals surface area contributed by atoms with Crippen molar-refractivity contribution < 1.29 is 53.8 Å². The summed E-state index contributed by atoms with van der Waals surface area (Å²) in [7, 11) is 1.47. The Balaban J connectivity index is 1.38. The van der Waals surface area contributed by atoms with Crippen LogP contribution in [0, 0.1) is 30.6 Å². The molecule has 2 fully saturated rings. The Morgan fingerprint density at radius 2 is 1.57 bits per heavy atom. The van der Waals surface area contributed by atoms with Gasteiger partial charge in [0.1, 0.15) is 28.6 Å². The highest BCUT2D eigenvalue weighted by Crippen LogP contribution is 2.50. The van der Waals surface area contributed by atoms with Gasteiger partial charge >= 0.3 is 11.8 Å². The zero-order valence-electron chi connectivity index (χ0n) is 37.9. The second kappa shape index (κ2) is 18.0. The molecule has 9 atom stereocenters. The first-order valence-corrected chi connectivity index (χ1v) is 22.4. The topological polar surface area (TPSA) is 209 Å². The third kappa shape index (κ3) is 8.49. The van der Waals surface area contributed by atoms with Gasteiger partial charge in [-0.3, -0.25) is 24.4 Å². The van der Waals surface area contributed by atoms with Crippen LogP contribution in [-0.2, 0) is 23.8 Å². The lowest BCUT2D eigenvalue weighted by Crippen LogP contribution is -2.47. The number of Topliss-reactive ketones (excluding diaryl/α,β-unsaturated/α-hetero) is 1. The van der Waals surface area contributed by atoms with Gasteiger partial charge in [0.2, 0.25) is 0 Å². The maximum Gasteiger partial charge on any atom is 0.312 e. The number of allylic oxidation sites excluding steroid dienone is 2. The first-order chi connectivity index (χ1) is 29.8. The van der Waals surface area contributed by atoms with Crippen molar-refractivity contribution in [3.05, 3.63) is 58.0 Å². The monoisotopic (exact) mass is 872 g/mol. The van der Waals surface area contributed by atoms with Crippen LogP contribution in [0.3, 0.4) is 0 Å². The number of piperidine rings is 1. The molecule has 15 nitrogen and oxygen atoms in total. The average molecular weight is 873 g/mol. The summed E-state index contributed by atoms with van der Waals surface area (Å²) in [6.45, 7) is 14.4. The second-order valence-electron chi connectivity index (χ2n) is 18.6. The number of fused-ring (bicyclic) bond motifs is 1. The predicted molar refractivity (Wildman–Crippen MR) is 235 cm³/mol. The number of phenolic OH excluding ortho intramolecular Hbond substituents is 2. The number of ketones is 1. The fourth-order valence-corrected chi connectivity index (χ4v) is 10.3. The number of nitrogens with one attached hydrogen (secondary N) is 1. The van der Waals surface area contributed by atoms with Crippen LogP contribution in [0.4, 0.5) is 5.69 Å². The molecule has 2 aromatic carbocycles. The zero-order valence-corrected chi connectivity index (χ0v) is 37.9. The van der Waals surface area contributed by atoms with Gasteiger partial charge in [-0.2, -0.15) is 0 Å². The molecule has 7 rings (SSSR count). The highest BCUT2D eigenvalue weighted by Gasteiger charge is 2.50. The first-order valence-electron chi connectivity index (χ1n) is 22.4. The van der Waals surface area contributed by atoms with Crippen molar-refractivity contribution in [1.29, 1.82) is 0 Å². The Bertz CT molecular complexity index is 2360. The van der Waals surface area contributed by atoms with Crippen LogP contribution < -0.4 is 20.8 Å². The molecule has 63 heavy (non-hydrogen) atoms. The van der Waals surface area contributed by atoms with E-state index in [1.54, 1.807) is 65.8 Å². The number of amides is 1. The molecule has 5 N–H and O–H groups in total. The Morgan fingerprint density at radius 3 is 2.22 bits per heavy atom. The number of likely N-dealkylation sites (tertiary alicyclic amines) is 1. The summed E-state index contributed by atoms with van der Waals surface area (Å²) in [4.78, 5) is 54.1. The number of hydrogen-bond donors (Lipinski definition) is 5. The molecule has 1 saturated heterocycles. The Hall–Kier alpha value is -4.83. The molecule has 4 aliphatic heterocycles. The number of benzene rings is 2. The van der Waals surface area contributed by atoms with E-state index in [1.807, 2.05) is 0 Å². The third-order valence-corrected chi connectivity index (χ3v) is 14.3. The Labute approximate surface area is 368 Å². The van der Waals surface area contributed by atoms with E-state index in [0.29, 0.717) is 18.9 Å². The van der Waals surface area contributed by atoms with Crippen molar-refractivity contribution in [2.24, 2.45) is 33.7 Å². The molecule has 2 aromatic rings. The molecular weight excluding hydrogens is 809 g/mol. The summed E-state index contributed by atoms with van der Waals surface area (Å²) >= 11 is 0. The molecule has 5 aliphatic rings. The number of rotatable bonds is 3. The van der Waals surface area contributed by atoms with Crippen LogP contribution in [0.25, 0.3) is 10.8 Å². The maximum atomic E-state index is 14.8. The van der Waals surface area contributed by atoms with Crippen molar-refractivity contribution in [2.75, 3.05) is 25.5 Å². The Kier molecular flexibility index (Phi) is 13.2. The van der Waals surface area contributed by atoms with Crippen LogP contribution in [-0.4, -0.2) is 105 Å². The molecule has 1 saturated carbocycles. The summed E-state index contributed by atoms with van der Waals surface area (Å²) < 4.78 is 24.1. The number of anilines is 1. The van der Waals surface area contributed by atoms with Gasteiger partial charge in [-0.1, -0.05) is 65.2 Å². The second-order valence-corrected chi connectivity index (χ2v) is 18.6. The van der Waals surface area contributed by atoms with Gasteiger partial charge in [-0.25, -0.2) is 0 Å². The lowest BCUT2D eigenvalue weighted by Gasteiger charge is -2.41. The molecule has 4 bridgehead atoms. The number of methoxy groups -OCH3 is 1. The standard InChI is InChI=1S/C48H64N4O11/c1-24-14-13-15-25(2)46(59)49-38-37-36(50-48(51-37)19-21-52(22-20-48)31-16-11-10-12-17-31)33-34(42(38)57)41(56)29(6)44-35(33)45(58)47(8,63-44)61-23-18-32(60-9)26(3)43(62-30(7)53)28(5)40(55)27(4)39(24)54/h13-15,18,23-24,26-28,31-32,39-40,43,54-57H,10-12,16-17,19-22H2,1-9H3,(H,49,59)/b14-13+,23-18+,25-15-/t24-,26+,27+,28+,32-,39-,40+,43+,47-/m0/s1. The highest BCUT2D eigenvalue weighted by atomic mass is 16.7. The van der Waals surface area contributed by atoms with Gasteiger partial charge in [0.15, 0.2) is 11.4 Å². The van der Waals surface area contributed by atoms with Crippen LogP contribution >= 0.6 is 0 Å². The molecule has 15 heteroatoms. The van der Waals surface area contributed by atoms with E-state index in [2.05, 4.69) is 10.2 Å². The SMILES string of the molecule is CO[C@H]1/C=C/O[C@@]2(C)Oc3c(C)c(O)c4c(O)c(c5c(c4c3C2=O)=NC2(CCN(C3CCCCC3)CC2)N=5)NC(=O)/C(C)=C\C=C\[C@H](C)[C@H](O)[C@@H](C)[C@@H](O)[C@@H](C)[C@H](OC(C)=O)[C@@H]1C. The molecule has 1 spiro atoms. The maximum absolute atomic E-state index is 14.8. The number of aromatic hydroxyl groups is 2. The average Bonchev–Trinajstić information content (AvgIpc) is 3.76. The molecule has 0 aromatic heterocycles. The van der Waals surface area contributed by atoms with Gasteiger partial charge in [0.05, 0.1) is 40.9 Å². The van der Waals surface area contributed by atoms with E-state index >= 15 is 0 Å². The number of hydrogen-bond acceptors (Lipinski definition) is 14. The predicted octanol–water partition coefficient (Wildman–Crippen LogP) is 5.43. The van der Waals surface area contributed by atoms with E-state index in [0.717, 1.165) is 25.9 Å². The lowest BCUT2D eigenvalue weighted by atomic mass is 9.78. The number of carbonyl (C=O) groups excluding carboxylic acids is 3. The summed E-state index contributed by atoms with van der Waals surface area (Å²) in [5.74, 6) is -6.84. The van der Waals surface area contributed by atoms with Crippen LogP contribution in [0.1, 0.15) is 109 Å². The summed E-state index contributed by atoms with van der Waals surface area (Å²) in [5.41, 5.74) is -0.519. The van der Waals surface area contributed by atoms with Crippen molar-refractivity contribution in [1.82, 2.24) is 4.90 Å². The van der Waals surface area contributed by atoms with Gasteiger partial charge in [0.25, 0.3) is 11.7 Å². The third-order valence-electron chi connectivity index (χ3n) is 14.3. The number of esters is 1. The lowest BCUT2D eigenvalue weighted by molar-refractivity contribution is -0.160. The van der Waals surface area contributed by atoms with E-state index in [-0.39, 0.29) is 55.4 Å². The Morgan fingerprint density at radius 1 is 0.905 bits per heavy atom. The van der Waals surface area contributed by atoms with Gasteiger partial charge < -0.3 is 49.6 Å². The quantitative estimate of drug-likeness (QED) is 0.193. The molecule has 1 amide bonds. The summed E-state index contributed by atoms with van der Waals surface area (Å²) in [6.07, 6.45) is 11.1. The van der Waals surface area contributed by atoms with Crippen LogP contribution in [0.15, 0.2) is 46.1 Å². The van der Waals surface area contributed by atoms with Crippen molar-refractivity contribution >= 4 is 34.1 Å². The minimum absolute atomic E-state index is 0.0421. The normalized spacial score (nSPS) is 33.7. The number of aliphatic hydroxyl groups is 2. The minimum atomic E-state index is -1.95. The van der Waals surface area contributed by atoms with Gasteiger partial charge in [-0.15, -0.1) is 0 Å². The molecule has 342 valence electrons. The van der Waals surface area contributed by atoms with Crippen molar-refractivity contribution in [3.8, 4) is 17.2 Å². The van der Waals surface area contributed by atoms with Gasteiger partial charge in [0, 0.05) is 93.1 Å². The van der Waals surface area contributed by atoms with E-state index in [1.165, 1.54) is 46.5 Å². The fourth-order valence-electron chi connectivity index (χ4n) is 10.3. The van der Waals surface area contributed by atoms with Crippen molar-refractivity contribution in [2.45, 2.75) is 142 Å². The zero-order chi connectivity index (χ0) is 45.7. The highest BCUT2D eigenvalue weighted by molar-refractivity contribution is 6.19. The number of nitrogens with zero attached hydrogens (tertiary/aromatic N) is 3. The van der Waals surface area contributed by atoms with Crippen LogP contribution in [0.2, 0.25) is 0 Å².